The molecule has 0 fully saturated rings. The number of nitrogens with zero attached hydrogens (tertiary/aromatic N) is 1. The van der Waals surface area contributed by atoms with E-state index in [0.29, 0.717) is 0 Å². The van der Waals surface area contributed by atoms with Gasteiger partial charge in [-0.05, 0) is 141 Å². The second-order valence-corrected chi connectivity index (χ2v) is 22.5. The van der Waals surface area contributed by atoms with Crippen LogP contribution in [0, 0.1) is 0 Å². The van der Waals surface area contributed by atoms with E-state index in [9.17, 15) is 0 Å². The molecular formula is C63H56N2O2. The fourth-order valence-electron chi connectivity index (χ4n) is 12.1. The van der Waals surface area contributed by atoms with E-state index in [-0.39, 0.29) is 21.7 Å². The van der Waals surface area contributed by atoms with Crippen molar-refractivity contribution < 1.29 is 8.83 Å². The minimum absolute atomic E-state index is 0.00901. The first-order valence-corrected chi connectivity index (χ1v) is 24.1. The number of aromatic nitrogens is 1. The van der Waals surface area contributed by atoms with Crippen LogP contribution in [0.3, 0.4) is 0 Å². The molecule has 330 valence electrons. The summed E-state index contributed by atoms with van der Waals surface area (Å²) in [4.78, 5) is 0. The molecule has 1 N–H and O–H groups in total. The van der Waals surface area contributed by atoms with Crippen molar-refractivity contribution in [3.05, 3.63) is 173 Å². The van der Waals surface area contributed by atoms with E-state index in [4.69, 9.17) is 8.83 Å². The Morgan fingerprint density at radius 1 is 0.478 bits per heavy atom. The zero-order valence-corrected chi connectivity index (χ0v) is 40.0. The fourth-order valence-corrected chi connectivity index (χ4v) is 12.1. The lowest BCUT2D eigenvalue weighted by atomic mass is 9.62. The van der Waals surface area contributed by atoms with Crippen molar-refractivity contribution in [2.24, 2.45) is 0 Å². The molecule has 2 aliphatic carbocycles. The summed E-state index contributed by atoms with van der Waals surface area (Å²) < 4.78 is 16.2. The molecule has 0 amide bonds. The van der Waals surface area contributed by atoms with Gasteiger partial charge in [-0.15, -0.1) is 0 Å². The van der Waals surface area contributed by atoms with Crippen LogP contribution in [0.15, 0.2) is 154 Å². The molecule has 0 atom stereocenters. The molecule has 0 saturated carbocycles. The number of para-hydroxylation sites is 2. The number of furan rings is 2. The van der Waals surface area contributed by atoms with Crippen molar-refractivity contribution in [3.63, 3.8) is 0 Å². The van der Waals surface area contributed by atoms with Crippen LogP contribution in [0.5, 0.6) is 0 Å². The highest BCUT2D eigenvalue weighted by molar-refractivity contribution is 6.30. The van der Waals surface area contributed by atoms with Crippen molar-refractivity contribution in [3.8, 4) is 27.9 Å². The maximum absolute atomic E-state index is 7.24. The lowest BCUT2D eigenvalue weighted by Crippen LogP contribution is -2.34. The average Bonchev–Trinajstić information content (AvgIpc) is 4.03. The van der Waals surface area contributed by atoms with Crippen LogP contribution < -0.4 is 5.32 Å². The van der Waals surface area contributed by atoms with Crippen molar-refractivity contribution in [2.75, 3.05) is 5.32 Å². The third kappa shape index (κ3) is 5.78. The second-order valence-electron chi connectivity index (χ2n) is 22.5. The lowest BCUT2D eigenvalue weighted by molar-refractivity contribution is 0.332. The van der Waals surface area contributed by atoms with E-state index >= 15 is 0 Å². The van der Waals surface area contributed by atoms with Gasteiger partial charge in [-0.25, -0.2) is 0 Å². The summed E-state index contributed by atoms with van der Waals surface area (Å²) in [7, 11) is 0. The monoisotopic (exact) mass is 872 g/mol. The summed E-state index contributed by atoms with van der Waals surface area (Å²) in [5.41, 5.74) is 20.7. The minimum Gasteiger partial charge on any atom is -0.456 e. The molecule has 67 heavy (non-hydrogen) atoms. The standard InChI is InChI=1S/C63H56N2O2/c1-60(2,3)36-22-24-37(25-23-36)64-51-35-50-49(61(4,5)28-29-62(50,6)7)31-43(51)45-34-53-57(58-41-18-12-15-21-55(41)67-59(45)58)46-32-48-42(39-16-10-13-19-47(39)63(48,8)9)33-52(46)65(53)38-26-27-56-44(30-38)40-17-11-14-20-54(40)66-56/h10-27,30-35,64H,28-29H2,1-9H3. The van der Waals surface area contributed by atoms with Gasteiger partial charge in [-0.1, -0.05) is 135 Å². The topological polar surface area (TPSA) is 43.2 Å². The Morgan fingerprint density at radius 2 is 1.12 bits per heavy atom. The summed E-state index contributed by atoms with van der Waals surface area (Å²) in [5.74, 6) is 0. The molecule has 4 heteroatoms. The Balaban J connectivity index is 1.18. The van der Waals surface area contributed by atoms with Crippen LogP contribution in [-0.4, -0.2) is 4.57 Å². The van der Waals surface area contributed by atoms with Crippen molar-refractivity contribution in [1.29, 1.82) is 0 Å². The normalized spacial score (nSPS) is 16.1. The molecule has 13 rings (SSSR count). The number of benzene rings is 8. The minimum atomic E-state index is -0.171. The molecule has 11 aromatic rings. The average molecular weight is 873 g/mol. The number of hydrogen-bond donors (Lipinski definition) is 1. The fraction of sp³-hybridized carbons (Fsp3) is 0.238. The second kappa shape index (κ2) is 13.5. The van der Waals surface area contributed by atoms with Gasteiger partial charge >= 0.3 is 0 Å². The molecule has 0 spiro atoms. The molecule has 4 nitrogen and oxygen atoms in total. The third-order valence-corrected chi connectivity index (χ3v) is 16.0. The first-order chi connectivity index (χ1) is 32.1. The first kappa shape index (κ1) is 40.3. The molecular weight excluding hydrogens is 817 g/mol. The number of anilines is 2. The van der Waals surface area contributed by atoms with Crippen molar-refractivity contribution in [2.45, 2.75) is 96.8 Å². The zero-order chi connectivity index (χ0) is 45.9. The quantitative estimate of drug-likeness (QED) is 0.192. The largest absolute Gasteiger partial charge is 0.456 e. The predicted molar refractivity (Wildman–Crippen MR) is 282 cm³/mol. The Bertz CT molecular complexity index is 3900. The van der Waals surface area contributed by atoms with Gasteiger partial charge in [0.25, 0.3) is 0 Å². The molecule has 0 unspecified atom stereocenters. The maximum atomic E-state index is 7.24. The molecule has 0 aliphatic heterocycles. The summed E-state index contributed by atoms with van der Waals surface area (Å²) in [6.07, 6.45) is 2.25. The van der Waals surface area contributed by atoms with Crippen LogP contribution in [0.25, 0.3) is 93.6 Å². The molecule has 8 aromatic carbocycles. The van der Waals surface area contributed by atoms with Gasteiger partial charge in [0.1, 0.15) is 22.3 Å². The number of rotatable bonds is 4. The summed E-state index contributed by atoms with van der Waals surface area (Å²) in [6, 6.07) is 54.2. The molecule has 0 bridgehead atoms. The van der Waals surface area contributed by atoms with E-state index in [1.54, 1.807) is 0 Å². The van der Waals surface area contributed by atoms with E-state index in [1.165, 1.54) is 55.2 Å². The van der Waals surface area contributed by atoms with Crippen LogP contribution in [0.2, 0.25) is 0 Å². The van der Waals surface area contributed by atoms with E-state index < -0.39 is 0 Å². The Hall–Kier alpha value is -7.04. The molecule has 3 heterocycles. The van der Waals surface area contributed by atoms with Crippen LogP contribution in [0.4, 0.5) is 11.4 Å². The lowest BCUT2D eigenvalue weighted by Gasteiger charge is -2.42. The number of nitrogens with one attached hydrogen (secondary N) is 1. The molecule has 3 aromatic heterocycles. The molecule has 2 aliphatic rings. The van der Waals surface area contributed by atoms with Gasteiger partial charge in [0, 0.05) is 65.9 Å². The third-order valence-electron chi connectivity index (χ3n) is 16.0. The highest BCUT2D eigenvalue weighted by atomic mass is 16.3. The Kier molecular flexibility index (Phi) is 8.13. The highest BCUT2D eigenvalue weighted by Crippen LogP contribution is 2.55. The van der Waals surface area contributed by atoms with Gasteiger partial charge in [0.2, 0.25) is 0 Å². The molecule has 0 radical (unpaired) electrons. The highest BCUT2D eigenvalue weighted by Gasteiger charge is 2.39. The van der Waals surface area contributed by atoms with E-state index in [2.05, 4.69) is 212 Å². The zero-order valence-electron chi connectivity index (χ0n) is 40.0. The SMILES string of the molecule is CC(C)(C)c1ccc(Nc2cc3c(cc2-c2cc4c(c5cc6c(cc5n4-c4ccc5oc7ccccc7c5c4)-c4ccccc4C6(C)C)c4c2oc2ccccc24)C(C)(C)CCC3(C)C)cc1. The van der Waals surface area contributed by atoms with Crippen molar-refractivity contribution >= 4 is 77.1 Å². The van der Waals surface area contributed by atoms with Crippen LogP contribution in [0.1, 0.15) is 103 Å². The summed E-state index contributed by atoms with van der Waals surface area (Å²) in [5, 5.41) is 10.9. The van der Waals surface area contributed by atoms with Gasteiger partial charge in [-0.2, -0.15) is 0 Å². The maximum Gasteiger partial charge on any atom is 0.144 e. The first-order valence-electron chi connectivity index (χ1n) is 24.1. The van der Waals surface area contributed by atoms with Gasteiger partial charge in [0.05, 0.1) is 11.0 Å². The van der Waals surface area contributed by atoms with Crippen molar-refractivity contribution in [1.82, 2.24) is 4.57 Å². The van der Waals surface area contributed by atoms with E-state index in [1.807, 2.05) is 6.07 Å². The molecule has 0 saturated heterocycles. The van der Waals surface area contributed by atoms with Gasteiger partial charge in [0.15, 0.2) is 0 Å². The summed E-state index contributed by atoms with van der Waals surface area (Å²) >= 11 is 0. The predicted octanol–water partition coefficient (Wildman–Crippen LogP) is 17.9. The van der Waals surface area contributed by atoms with E-state index in [0.717, 1.165) is 90.4 Å². The number of fused-ring (bicyclic) bond motifs is 14. The summed E-state index contributed by atoms with van der Waals surface area (Å²) in [6.45, 7) is 21.3. The smallest absolute Gasteiger partial charge is 0.144 e. The Morgan fingerprint density at radius 3 is 1.87 bits per heavy atom. The number of hydrogen-bond acceptors (Lipinski definition) is 3. The van der Waals surface area contributed by atoms with Crippen LogP contribution in [-0.2, 0) is 21.7 Å². The Labute approximate surface area is 392 Å². The van der Waals surface area contributed by atoms with Crippen LogP contribution >= 0.6 is 0 Å². The van der Waals surface area contributed by atoms with Gasteiger partial charge < -0.3 is 18.7 Å². The van der Waals surface area contributed by atoms with Gasteiger partial charge in [-0.3, -0.25) is 0 Å².